The van der Waals surface area contributed by atoms with Crippen molar-refractivity contribution in [1.82, 2.24) is 0 Å². The summed E-state index contributed by atoms with van der Waals surface area (Å²) in [6.45, 7) is 4.30. The van der Waals surface area contributed by atoms with Crippen LogP contribution in [0, 0.1) is 0 Å². The van der Waals surface area contributed by atoms with Crippen LogP contribution in [0.1, 0.15) is 25.8 Å². The Bertz CT molecular complexity index is 349. The number of methoxy groups -OCH3 is 1. The molecule has 0 aliphatic carbocycles. The molecule has 0 radical (unpaired) electrons. The Kier molecular flexibility index (Phi) is 4.37. The zero-order chi connectivity index (χ0) is 11.3. The third-order valence-corrected chi connectivity index (χ3v) is 2.38. The minimum atomic E-state index is 0.178. The fourth-order valence-corrected chi connectivity index (χ4v) is 1.61. The fourth-order valence-electron chi connectivity index (χ4n) is 1.61. The van der Waals surface area contributed by atoms with Gasteiger partial charge in [-0.1, -0.05) is 17.7 Å². The van der Waals surface area contributed by atoms with E-state index in [-0.39, 0.29) is 6.61 Å². The minimum Gasteiger partial charge on any atom is -0.497 e. The molecule has 0 aliphatic rings. The van der Waals surface area contributed by atoms with E-state index in [9.17, 15) is 0 Å². The first-order valence-electron chi connectivity index (χ1n) is 5.10. The first kappa shape index (κ1) is 11.8. The molecule has 0 atom stereocenters. The van der Waals surface area contributed by atoms with Crippen molar-refractivity contribution in [3.8, 4) is 5.75 Å². The molecule has 0 bridgehead atoms. The second-order valence-electron chi connectivity index (χ2n) is 3.68. The SMILES string of the molecule is COc1cccc(C(CCO)=C(C)C)c1. The second kappa shape index (κ2) is 5.56. The maximum atomic E-state index is 9.01. The number of ether oxygens (including phenoxy) is 1. The van der Waals surface area contributed by atoms with Crippen LogP contribution >= 0.6 is 0 Å². The van der Waals surface area contributed by atoms with E-state index in [1.165, 1.54) is 11.1 Å². The van der Waals surface area contributed by atoms with Crippen molar-refractivity contribution in [2.75, 3.05) is 13.7 Å². The number of hydrogen-bond donors (Lipinski definition) is 1. The zero-order valence-corrected chi connectivity index (χ0v) is 9.58. The molecule has 0 amide bonds. The van der Waals surface area contributed by atoms with Crippen molar-refractivity contribution in [2.45, 2.75) is 20.3 Å². The van der Waals surface area contributed by atoms with Gasteiger partial charge in [-0.15, -0.1) is 0 Å². The van der Waals surface area contributed by atoms with Gasteiger partial charge in [0.25, 0.3) is 0 Å². The molecule has 2 nitrogen and oxygen atoms in total. The summed E-state index contributed by atoms with van der Waals surface area (Å²) >= 11 is 0. The molecular weight excluding hydrogens is 188 g/mol. The molecule has 0 saturated heterocycles. The van der Waals surface area contributed by atoms with Crippen molar-refractivity contribution >= 4 is 5.57 Å². The molecule has 1 rings (SSSR count). The van der Waals surface area contributed by atoms with Gasteiger partial charge >= 0.3 is 0 Å². The number of rotatable bonds is 4. The van der Waals surface area contributed by atoms with Crippen molar-refractivity contribution in [1.29, 1.82) is 0 Å². The van der Waals surface area contributed by atoms with Gasteiger partial charge in [-0.3, -0.25) is 0 Å². The topological polar surface area (TPSA) is 29.5 Å². The summed E-state index contributed by atoms with van der Waals surface area (Å²) in [5.41, 5.74) is 3.55. The lowest BCUT2D eigenvalue weighted by Crippen LogP contribution is -1.92. The van der Waals surface area contributed by atoms with Crippen molar-refractivity contribution in [3.05, 3.63) is 35.4 Å². The van der Waals surface area contributed by atoms with E-state index in [1.807, 2.05) is 24.3 Å². The summed E-state index contributed by atoms with van der Waals surface area (Å²) in [4.78, 5) is 0. The highest BCUT2D eigenvalue weighted by atomic mass is 16.5. The molecule has 1 aromatic rings. The maximum absolute atomic E-state index is 9.01. The Hall–Kier alpha value is -1.28. The van der Waals surface area contributed by atoms with Crippen LogP contribution < -0.4 is 4.74 Å². The molecule has 0 aromatic heterocycles. The number of aliphatic hydroxyl groups excluding tert-OH is 1. The van der Waals surface area contributed by atoms with Gasteiger partial charge in [0.05, 0.1) is 7.11 Å². The average molecular weight is 206 g/mol. The standard InChI is InChI=1S/C13H18O2/c1-10(2)13(7-8-14)11-5-4-6-12(9-11)15-3/h4-6,9,14H,7-8H2,1-3H3. The van der Waals surface area contributed by atoms with Crippen LogP contribution in [0.3, 0.4) is 0 Å². The van der Waals surface area contributed by atoms with Crippen molar-refractivity contribution in [3.63, 3.8) is 0 Å². The largest absolute Gasteiger partial charge is 0.497 e. The molecule has 0 aliphatic heterocycles. The fraction of sp³-hybridized carbons (Fsp3) is 0.385. The van der Waals surface area contributed by atoms with Gasteiger partial charge in [0.15, 0.2) is 0 Å². The molecule has 1 aromatic carbocycles. The van der Waals surface area contributed by atoms with Crippen LogP contribution in [0.2, 0.25) is 0 Å². The molecule has 1 N–H and O–H groups in total. The molecule has 15 heavy (non-hydrogen) atoms. The van der Waals surface area contributed by atoms with Gasteiger partial charge in [-0.05, 0) is 43.5 Å². The van der Waals surface area contributed by atoms with Crippen LogP contribution in [0.25, 0.3) is 5.57 Å². The van der Waals surface area contributed by atoms with Crippen molar-refractivity contribution in [2.24, 2.45) is 0 Å². The Morgan fingerprint density at radius 1 is 1.33 bits per heavy atom. The predicted octanol–water partition coefficient (Wildman–Crippen LogP) is 2.87. The van der Waals surface area contributed by atoms with E-state index < -0.39 is 0 Å². The van der Waals surface area contributed by atoms with Gasteiger partial charge in [-0.2, -0.15) is 0 Å². The minimum absolute atomic E-state index is 0.178. The Morgan fingerprint density at radius 3 is 2.60 bits per heavy atom. The van der Waals surface area contributed by atoms with E-state index >= 15 is 0 Å². The summed E-state index contributed by atoms with van der Waals surface area (Å²) in [6.07, 6.45) is 0.690. The number of benzene rings is 1. The smallest absolute Gasteiger partial charge is 0.119 e. The normalized spacial score (nSPS) is 9.87. The van der Waals surface area contributed by atoms with Gasteiger partial charge in [0.2, 0.25) is 0 Å². The molecular formula is C13H18O2. The summed E-state index contributed by atoms with van der Waals surface area (Å²) in [5.74, 6) is 0.851. The van der Waals surface area contributed by atoms with E-state index in [0.29, 0.717) is 6.42 Å². The number of aliphatic hydroxyl groups is 1. The van der Waals surface area contributed by atoms with Crippen LogP contribution in [-0.2, 0) is 0 Å². The lowest BCUT2D eigenvalue weighted by atomic mass is 9.98. The molecule has 0 fully saturated rings. The van der Waals surface area contributed by atoms with Gasteiger partial charge in [0, 0.05) is 6.61 Å². The quantitative estimate of drug-likeness (QED) is 0.820. The number of allylic oxidation sites excluding steroid dienone is 1. The first-order chi connectivity index (χ1) is 7.19. The highest BCUT2D eigenvalue weighted by Crippen LogP contribution is 2.25. The highest BCUT2D eigenvalue weighted by Gasteiger charge is 2.04. The maximum Gasteiger partial charge on any atom is 0.119 e. The molecule has 2 heteroatoms. The van der Waals surface area contributed by atoms with Gasteiger partial charge < -0.3 is 9.84 Å². The lowest BCUT2D eigenvalue weighted by Gasteiger charge is -2.10. The van der Waals surface area contributed by atoms with Crippen LogP contribution in [-0.4, -0.2) is 18.8 Å². The van der Waals surface area contributed by atoms with Gasteiger partial charge in [0.1, 0.15) is 5.75 Å². The number of hydrogen-bond acceptors (Lipinski definition) is 2. The molecule has 82 valence electrons. The zero-order valence-electron chi connectivity index (χ0n) is 9.58. The van der Waals surface area contributed by atoms with E-state index in [4.69, 9.17) is 9.84 Å². The summed E-state index contributed by atoms with van der Waals surface area (Å²) in [5, 5.41) is 9.01. The van der Waals surface area contributed by atoms with E-state index in [2.05, 4.69) is 13.8 Å². The highest BCUT2D eigenvalue weighted by molar-refractivity contribution is 5.69. The molecule has 0 heterocycles. The summed E-state index contributed by atoms with van der Waals surface area (Å²) in [6, 6.07) is 7.93. The van der Waals surface area contributed by atoms with E-state index in [1.54, 1.807) is 7.11 Å². The van der Waals surface area contributed by atoms with Crippen LogP contribution in [0.4, 0.5) is 0 Å². The summed E-state index contributed by atoms with van der Waals surface area (Å²) in [7, 11) is 1.66. The molecule has 0 spiro atoms. The Balaban J connectivity index is 3.07. The molecule has 0 unspecified atom stereocenters. The second-order valence-corrected chi connectivity index (χ2v) is 3.68. The summed E-state index contributed by atoms with van der Waals surface area (Å²) < 4.78 is 5.18. The van der Waals surface area contributed by atoms with Crippen molar-refractivity contribution < 1.29 is 9.84 Å². The monoisotopic (exact) mass is 206 g/mol. The Morgan fingerprint density at radius 2 is 2.07 bits per heavy atom. The third kappa shape index (κ3) is 3.10. The molecule has 0 saturated carbocycles. The Labute approximate surface area is 91.2 Å². The third-order valence-electron chi connectivity index (χ3n) is 2.38. The van der Waals surface area contributed by atoms with Crippen LogP contribution in [0.15, 0.2) is 29.8 Å². The van der Waals surface area contributed by atoms with Gasteiger partial charge in [-0.25, -0.2) is 0 Å². The lowest BCUT2D eigenvalue weighted by molar-refractivity contribution is 0.304. The predicted molar refractivity (Wildman–Crippen MR) is 63.0 cm³/mol. The first-order valence-corrected chi connectivity index (χ1v) is 5.10. The average Bonchev–Trinajstić information content (AvgIpc) is 2.25. The van der Waals surface area contributed by atoms with Crippen LogP contribution in [0.5, 0.6) is 5.75 Å². The van der Waals surface area contributed by atoms with E-state index in [0.717, 1.165) is 11.3 Å².